The predicted molar refractivity (Wildman–Crippen MR) is 92.1 cm³/mol. The first kappa shape index (κ1) is 18.7. The lowest BCUT2D eigenvalue weighted by Crippen LogP contribution is -2.36. The molecule has 1 aromatic carbocycles. The highest BCUT2D eigenvalue weighted by Crippen LogP contribution is 2.26. The number of methoxy groups -OCH3 is 1. The third-order valence-corrected chi connectivity index (χ3v) is 5.22. The van der Waals surface area contributed by atoms with Gasteiger partial charge in [0.15, 0.2) is 0 Å². The number of likely N-dealkylation sites (tertiary alicyclic amines) is 1. The van der Waals surface area contributed by atoms with Crippen LogP contribution in [0.25, 0.3) is 0 Å². The van der Waals surface area contributed by atoms with Gasteiger partial charge in [0.2, 0.25) is 15.9 Å². The van der Waals surface area contributed by atoms with Gasteiger partial charge >= 0.3 is 0 Å². The van der Waals surface area contributed by atoms with Gasteiger partial charge in [0.05, 0.1) is 18.9 Å². The highest BCUT2D eigenvalue weighted by atomic mass is 32.2. The maximum Gasteiger partial charge on any atom is 0.223 e. The van der Waals surface area contributed by atoms with E-state index < -0.39 is 10.0 Å². The summed E-state index contributed by atoms with van der Waals surface area (Å²) in [7, 11) is 1.97. The normalized spacial score (nSPS) is 19.8. The van der Waals surface area contributed by atoms with E-state index in [0.717, 1.165) is 11.3 Å². The molecule has 1 saturated heterocycles. The number of primary sulfonamides is 1. The van der Waals surface area contributed by atoms with Gasteiger partial charge < -0.3 is 14.5 Å². The van der Waals surface area contributed by atoms with Crippen LogP contribution in [0.1, 0.15) is 18.0 Å². The molecule has 1 aliphatic heterocycles. The standard InChI is InChI=1S/C16H25N3O4S/c1-18(2)15(13-4-6-14(23-3)7-5-13)10-19-9-12(8-16(19)20)11-24(17,21)22/h4-7,12,15H,8-11H2,1-3H3,(H2,17,21,22). The number of amides is 1. The fourth-order valence-electron chi connectivity index (χ4n) is 3.07. The molecule has 0 spiro atoms. The summed E-state index contributed by atoms with van der Waals surface area (Å²) < 4.78 is 27.7. The molecule has 134 valence electrons. The molecule has 24 heavy (non-hydrogen) atoms. The average molecular weight is 355 g/mol. The topological polar surface area (TPSA) is 92.9 Å². The molecule has 0 aromatic heterocycles. The van der Waals surface area contributed by atoms with Crippen LogP contribution in [0.4, 0.5) is 0 Å². The van der Waals surface area contributed by atoms with Crippen molar-refractivity contribution in [2.24, 2.45) is 11.1 Å². The Morgan fingerprint density at radius 2 is 1.96 bits per heavy atom. The maximum absolute atomic E-state index is 12.2. The Labute approximate surface area is 143 Å². The largest absolute Gasteiger partial charge is 0.497 e. The molecule has 1 aromatic rings. The number of carbonyl (C=O) groups excluding carboxylic acids is 1. The van der Waals surface area contributed by atoms with Crippen LogP contribution >= 0.6 is 0 Å². The second-order valence-electron chi connectivity index (χ2n) is 6.45. The number of hydrogen-bond acceptors (Lipinski definition) is 5. The minimum absolute atomic E-state index is 0.0214. The van der Waals surface area contributed by atoms with E-state index in [1.54, 1.807) is 12.0 Å². The Hall–Kier alpha value is -1.64. The van der Waals surface area contributed by atoms with Crippen molar-refractivity contribution in [1.82, 2.24) is 9.80 Å². The zero-order valence-corrected chi connectivity index (χ0v) is 15.1. The Morgan fingerprint density at radius 1 is 1.33 bits per heavy atom. The molecule has 8 heteroatoms. The van der Waals surface area contributed by atoms with Crippen LogP contribution in [0.3, 0.4) is 0 Å². The molecule has 0 aliphatic carbocycles. The lowest BCUT2D eigenvalue weighted by molar-refractivity contribution is -0.128. The van der Waals surface area contributed by atoms with Crippen molar-refractivity contribution in [3.05, 3.63) is 29.8 Å². The summed E-state index contributed by atoms with van der Waals surface area (Å²) in [6.07, 6.45) is 0.235. The van der Waals surface area contributed by atoms with E-state index in [1.807, 2.05) is 43.3 Å². The first-order valence-corrected chi connectivity index (χ1v) is 9.49. The van der Waals surface area contributed by atoms with E-state index in [1.165, 1.54) is 0 Å². The molecule has 1 aliphatic rings. The first-order chi connectivity index (χ1) is 11.2. The summed E-state index contributed by atoms with van der Waals surface area (Å²) in [4.78, 5) is 16.0. The van der Waals surface area contributed by atoms with Gasteiger partial charge in [-0.3, -0.25) is 4.79 Å². The molecule has 1 amide bonds. The smallest absolute Gasteiger partial charge is 0.223 e. The van der Waals surface area contributed by atoms with Gasteiger partial charge in [-0.25, -0.2) is 13.6 Å². The molecular formula is C16H25N3O4S. The Bertz CT molecular complexity index is 673. The second-order valence-corrected chi connectivity index (χ2v) is 8.11. The van der Waals surface area contributed by atoms with Crippen molar-refractivity contribution in [3.63, 3.8) is 0 Å². The van der Waals surface area contributed by atoms with Crippen LogP contribution in [0.2, 0.25) is 0 Å². The van der Waals surface area contributed by atoms with Gasteiger partial charge in [-0.15, -0.1) is 0 Å². The monoisotopic (exact) mass is 355 g/mol. The first-order valence-electron chi connectivity index (χ1n) is 7.78. The number of benzene rings is 1. The maximum atomic E-state index is 12.2. The lowest BCUT2D eigenvalue weighted by Gasteiger charge is -2.29. The molecule has 0 bridgehead atoms. The molecule has 2 atom stereocenters. The fourth-order valence-corrected chi connectivity index (χ4v) is 3.95. The number of nitrogens with two attached hydrogens (primary N) is 1. The quantitative estimate of drug-likeness (QED) is 0.766. The minimum atomic E-state index is -3.56. The molecule has 1 heterocycles. The van der Waals surface area contributed by atoms with Crippen molar-refractivity contribution in [2.45, 2.75) is 12.5 Å². The summed E-state index contributed by atoms with van der Waals surface area (Å²) in [5.41, 5.74) is 1.07. The second kappa shape index (κ2) is 7.50. The van der Waals surface area contributed by atoms with E-state index >= 15 is 0 Å². The highest BCUT2D eigenvalue weighted by Gasteiger charge is 2.33. The van der Waals surface area contributed by atoms with E-state index in [9.17, 15) is 13.2 Å². The molecule has 2 rings (SSSR count). The van der Waals surface area contributed by atoms with Crippen LogP contribution in [0.15, 0.2) is 24.3 Å². The highest BCUT2D eigenvalue weighted by molar-refractivity contribution is 7.89. The van der Waals surface area contributed by atoms with E-state index in [2.05, 4.69) is 0 Å². The van der Waals surface area contributed by atoms with E-state index in [4.69, 9.17) is 9.88 Å². The summed E-state index contributed by atoms with van der Waals surface area (Å²) in [6, 6.07) is 7.76. The van der Waals surface area contributed by atoms with Crippen molar-refractivity contribution in [1.29, 1.82) is 0 Å². The lowest BCUT2D eigenvalue weighted by atomic mass is 10.1. The van der Waals surface area contributed by atoms with Gasteiger partial charge in [-0.1, -0.05) is 12.1 Å². The molecule has 0 saturated carbocycles. The van der Waals surface area contributed by atoms with Crippen molar-refractivity contribution < 1.29 is 17.9 Å². The molecule has 0 radical (unpaired) electrons. The van der Waals surface area contributed by atoms with Crippen LogP contribution in [0, 0.1) is 5.92 Å². The third-order valence-electron chi connectivity index (χ3n) is 4.28. The summed E-state index contributed by atoms with van der Waals surface area (Å²) >= 11 is 0. The Kier molecular flexibility index (Phi) is 5.84. The summed E-state index contributed by atoms with van der Waals surface area (Å²) in [5.74, 6) is 0.377. The van der Waals surface area contributed by atoms with E-state index in [0.29, 0.717) is 13.1 Å². The summed E-state index contributed by atoms with van der Waals surface area (Å²) in [6.45, 7) is 0.940. The molecular weight excluding hydrogens is 330 g/mol. The Balaban J connectivity index is 2.09. The van der Waals surface area contributed by atoms with Crippen LogP contribution in [-0.4, -0.2) is 64.2 Å². The zero-order valence-electron chi connectivity index (χ0n) is 14.3. The molecule has 2 unspecified atom stereocenters. The van der Waals surface area contributed by atoms with Crippen molar-refractivity contribution >= 4 is 15.9 Å². The molecule has 1 fully saturated rings. The Morgan fingerprint density at radius 3 is 2.46 bits per heavy atom. The van der Waals surface area contributed by atoms with Crippen molar-refractivity contribution in [3.8, 4) is 5.75 Å². The van der Waals surface area contributed by atoms with Crippen LogP contribution in [0.5, 0.6) is 5.75 Å². The minimum Gasteiger partial charge on any atom is -0.497 e. The van der Waals surface area contributed by atoms with Gasteiger partial charge in [0, 0.05) is 25.4 Å². The fraction of sp³-hybridized carbons (Fsp3) is 0.562. The van der Waals surface area contributed by atoms with Crippen LogP contribution in [-0.2, 0) is 14.8 Å². The molecule has 7 nitrogen and oxygen atoms in total. The van der Waals surface area contributed by atoms with Crippen molar-refractivity contribution in [2.75, 3.05) is 40.0 Å². The zero-order chi connectivity index (χ0) is 17.9. The third kappa shape index (κ3) is 4.93. The predicted octanol–water partition coefficient (Wildman–Crippen LogP) is 0.435. The average Bonchev–Trinajstić information content (AvgIpc) is 2.82. The SMILES string of the molecule is COc1ccc(C(CN2CC(CS(N)(=O)=O)CC2=O)N(C)C)cc1. The number of carbonyl (C=O) groups is 1. The summed E-state index contributed by atoms with van der Waals surface area (Å²) in [5, 5.41) is 5.10. The van der Waals surface area contributed by atoms with Gasteiger partial charge in [0.25, 0.3) is 0 Å². The van der Waals surface area contributed by atoms with Gasteiger partial charge in [0.1, 0.15) is 5.75 Å². The van der Waals surface area contributed by atoms with Crippen LogP contribution < -0.4 is 9.88 Å². The number of hydrogen-bond donors (Lipinski definition) is 1. The number of sulfonamides is 1. The van der Waals surface area contributed by atoms with Gasteiger partial charge in [-0.05, 0) is 31.8 Å². The number of likely N-dealkylation sites (N-methyl/N-ethyl adjacent to an activating group) is 1. The number of rotatable bonds is 7. The number of nitrogens with zero attached hydrogens (tertiary/aromatic N) is 2. The molecule has 2 N–H and O–H groups in total. The number of ether oxygens (including phenoxy) is 1. The van der Waals surface area contributed by atoms with E-state index in [-0.39, 0.29) is 30.0 Å². The van der Waals surface area contributed by atoms with Gasteiger partial charge in [-0.2, -0.15) is 0 Å².